The Kier molecular flexibility index (Phi) is 3.16. The number of hydrogen-bond acceptors (Lipinski definition) is 2. The Balaban J connectivity index is 1.44. The summed E-state index contributed by atoms with van der Waals surface area (Å²) in [6, 6.07) is 8.38. The minimum atomic E-state index is -0.0749. The van der Waals surface area contributed by atoms with E-state index in [4.69, 9.17) is 0 Å². The molecule has 1 heterocycles. The molecule has 1 amide bonds. The van der Waals surface area contributed by atoms with Crippen LogP contribution in [0.25, 0.3) is 0 Å². The van der Waals surface area contributed by atoms with Crippen LogP contribution in [0.2, 0.25) is 0 Å². The van der Waals surface area contributed by atoms with Gasteiger partial charge in [-0.15, -0.1) is 0 Å². The van der Waals surface area contributed by atoms with Gasteiger partial charge in [0.05, 0.1) is 5.54 Å². The summed E-state index contributed by atoms with van der Waals surface area (Å²) < 4.78 is 1.09. The van der Waals surface area contributed by atoms with E-state index in [2.05, 4.69) is 50.8 Å². The maximum absolute atomic E-state index is 12.6. The second-order valence-electron chi connectivity index (χ2n) is 6.95. The van der Waals surface area contributed by atoms with Crippen molar-refractivity contribution in [3.8, 4) is 0 Å². The number of halogens is 1. The average Bonchev–Trinajstić information content (AvgIpc) is 3.39. The minimum Gasteiger partial charge on any atom is -0.346 e. The van der Waals surface area contributed by atoms with Crippen LogP contribution in [0.15, 0.2) is 28.7 Å². The third kappa shape index (κ3) is 2.42. The first kappa shape index (κ1) is 13.8. The van der Waals surface area contributed by atoms with Crippen LogP contribution in [0.4, 0.5) is 0 Å². The fourth-order valence-electron chi connectivity index (χ4n) is 3.90. The highest BCUT2D eigenvalue weighted by Crippen LogP contribution is 2.59. The van der Waals surface area contributed by atoms with Gasteiger partial charge in [0.25, 0.3) is 0 Å². The smallest absolute Gasteiger partial charge is 0.224 e. The lowest BCUT2D eigenvalue weighted by atomic mass is 9.91. The Hall–Kier alpha value is -0.870. The fourth-order valence-corrected chi connectivity index (χ4v) is 4.16. The molecule has 3 nitrogen and oxygen atoms in total. The SMILES string of the molecule is O=C(NC1(c2ccc(Br)cc2)CC1)C1CC12CCNCC2. The molecular weight excluding hydrogens is 328 g/mol. The molecule has 0 aromatic heterocycles. The summed E-state index contributed by atoms with van der Waals surface area (Å²) in [6.45, 7) is 2.14. The Morgan fingerprint density at radius 3 is 2.43 bits per heavy atom. The number of piperidine rings is 1. The van der Waals surface area contributed by atoms with Crippen LogP contribution in [0.1, 0.15) is 37.7 Å². The highest BCUT2D eigenvalue weighted by molar-refractivity contribution is 9.10. The van der Waals surface area contributed by atoms with Gasteiger partial charge in [0.1, 0.15) is 0 Å². The fraction of sp³-hybridized carbons (Fsp3) is 0.588. The van der Waals surface area contributed by atoms with Crippen LogP contribution in [0.5, 0.6) is 0 Å². The van der Waals surface area contributed by atoms with Crippen molar-refractivity contribution >= 4 is 21.8 Å². The van der Waals surface area contributed by atoms with Gasteiger partial charge < -0.3 is 10.6 Å². The second kappa shape index (κ2) is 4.82. The Bertz CT molecular complexity index is 559. The molecule has 2 aliphatic carbocycles. The molecule has 3 fully saturated rings. The predicted molar refractivity (Wildman–Crippen MR) is 85.8 cm³/mol. The average molecular weight is 349 g/mol. The van der Waals surface area contributed by atoms with Gasteiger partial charge in [-0.05, 0) is 68.3 Å². The zero-order chi connectivity index (χ0) is 14.5. The first-order valence-electron chi connectivity index (χ1n) is 7.92. The molecule has 1 aromatic carbocycles. The van der Waals surface area contributed by atoms with Crippen molar-refractivity contribution in [1.82, 2.24) is 10.6 Å². The van der Waals surface area contributed by atoms with Crippen molar-refractivity contribution in [3.05, 3.63) is 34.3 Å². The molecule has 112 valence electrons. The summed E-state index contributed by atoms with van der Waals surface area (Å²) in [6.07, 6.45) is 5.56. The van der Waals surface area contributed by atoms with Gasteiger partial charge in [-0.3, -0.25) is 4.79 Å². The Morgan fingerprint density at radius 1 is 1.14 bits per heavy atom. The summed E-state index contributed by atoms with van der Waals surface area (Å²) in [7, 11) is 0. The van der Waals surface area contributed by atoms with Gasteiger partial charge in [0, 0.05) is 10.4 Å². The number of benzene rings is 1. The number of carbonyl (C=O) groups excluding carboxylic acids is 1. The van der Waals surface area contributed by atoms with Gasteiger partial charge >= 0.3 is 0 Å². The highest BCUT2D eigenvalue weighted by Gasteiger charge is 2.59. The van der Waals surface area contributed by atoms with E-state index in [0.717, 1.165) is 49.7 Å². The van der Waals surface area contributed by atoms with Crippen molar-refractivity contribution in [1.29, 1.82) is 0 Å². The zero-order valence-electron chi connectivity index (χ0n) is 12.1. The number of amides is 1. The molecule has 0 radical (unpaired) electrons. The summed E-state index contributed by atoms with van der Waals surface area (Å²) in [4.78, 5) is 12.6. The lowest BCUT2D eigenvalue weighted by Gasteiger charge is -2.24. The van der Waals surface area contributed by atoms with Crippen LogP contribution in [0.3, 0.4) is 0 Å². The van der Waals surface area contributed by atoms with Crippen molar-refractivity contribution in [2.24, 2.45) is 11.3 Å². The van der Waals surface area contributed by atoms with Gasteiger partial charge in [0.2, 0.25) is 5.91 Å². The topological polar surface area (TPSA) is 41.1 Å². The largest absolute Gasteiger partial charge is 0.346 e. The second-order valence-corrected chi connectivity index (χ2v) is 7.86. The van der Waals surface area contributed by atoms with Crippen LogP contribution < -0.4 is 10.6 Å². The van der Waals surface area contributed by atoms with Gasteiger partial charge in [-0.2, -0.15) is 0 Å². The number of carbonyl (C=O) groups is 1. The standard InChI is InChI=1S/C17H21BrN2O/c18-13-3-1-12(2-4-13)17(5-6-17)20-15(21)14-11-16(14)7-9-19-10-8-16/h1-4,14,19H,5-11H2,(H,20,21). The molecule has 2 saturated carbocycles. The molecular formula is C17H21BrN2O. The van der Waals surface area contributed by atoms with Crippen molar-refractivity contribution in [2.45, 2.75) is 37.6 Å². The van der Waals surface area contributed by atoms with E-state index < -0.39 is 0 Å². The van der Waals surface area contributed by atoms with Gasteiger partial charge in [-0.1, -0.05) is 28.1 Å². The van der Waals surface area contributed by atoms with E-state index in [1.165, 1.54) is 5.56 Å². The number of rotatable bonds is 3. The highest BCUT2D eigenvalue weighted by atomic mass is 79.9. The summed E-state index contributed by atoms with van der Waals surface area (Å²) >= 11 is 3.47. The summed E-state index contributed by atoms with van der Waals surface area (Å²) in [5.74, 6) is 0.546. The molecule has 1 spiro atoms. The minimum absolute atomic E-state index is 0.0749. The maximum atomic E-state index is 12.6. The third-order valence-corrected chi connectivity index (χ3v) is 6.14. The summed E-state index contributed by atoms with van der Waals surface area (Å²) in [5.41, 5.74) is 1.50. The molecule has 21 heavy (non-hydrogen) atoms. The molecule has 1 saturated heterocycles. The molecule has 1 aliphatic heterocycles. The van der Waals surface area contributed by atoms with E-state index in [1.54, 1.807) is 0 Å². The zero-order valence-corrected chi connectivity index (χ0v) is 13.7. The van der Waals surface area contributed by atoms with Gasteiger partial charge in [-0.25, -0.2) is 0 Å². The molecule has 3 aliphatic rings. The normalized spacial score (nSPS) is 28.1. The number of nitrogens with one attached hydrogen (secondary N) is 2. The van der Waals surface area contributed by atoms with Crippen molar-refractivity contribution in [2.75, 3.05) is 13.1 Å². The maximum Gasteiger partial charge on any atom is 0.224 e. The summed E-state index contributed by atoms with van der Waals surface area (Å²) in [5, 5.41) is 6.76. The van der Waals surface area contributed by atoms with Crippen LogP contribution in [-0.2, 0) is 10.3 Å². The predicted octanol–water partition coefficient (Wildman–Crippen LogP) is 2.94. The van der Waals surface area contributed by atoms with Crippen molar-refractivity contribution < 1.29 is 4.79 Å². The third-order valence-electron chi connectivity index (χ3n) is 5.61. The van der Waals surface area contributed by atoms with Crippen LogP contribution >= 0.6 is 15.9 Å². The first-order valence-corrected chi connectivity index (χ1v) is 8.72. The Morgan fingerprint density at radius 2 is 1.81 bits per heavy atom. The lowest BCUT2D eigenvalue weighted by molar-refractivity contribution is -0.124. The van der Waals surface area contributed by atoms with Gasteiger partial charge in [0.15, 0.2) is 0 Å². The van der Waals surface area contributed by atoms with E-state index in [-0.39, 0.29) is 17.4 Å². The van der Waals surface area contributed by atoms with Crippen molar-refractivity contribution in [3.63, 3.8) is 0 Å². The first-order chi connectivity index (χ1) is 10.1. The van der Waals surface area contributed by atoms with E-state index in [1.807, 2.05) is 0 Å². The van der Waals surface area contributed by atoms with Crippen LogP contribution in [0, 0.1) is 11.3 Å². The molecule has 4 heteroatoms. The quantitative estimate of drug-likeness (QED) is 0.881. The molecule has 4 rings (SSSR count). The molecule has 0 bridgehead atoms. The lowest BCUT2D eigenvalue weighted by Crippen LogP contribution is -2.38. The molecule has 1 aromatic rings. The molecule has 1 atom stereocenters. The van der Waals surface area contributed by atoms with Crippen LogP contribution in [-0.4, -0.2) is 19.0 Å². The monoisotopic (exact) mass is 348 g/mol. The van der Waals surface area contributed by atoms with E-state index >= 15 is 0 Å². The van der Waals surface area contributed by atoms with E-state index in [9.17, 15) is 4.79 Å². The molecule has 2 N–H and O–H groups in total. The Labute approximate surface area is 134 Å². The van der Waals surface area contributed by atoms with E-state index in [0.29, 0.717) is 5.41 Å². The number of hydrogen-bond donors (Lipinski definition) is 2. The molecule has 1 unspecified atom stereocenters.